The molecular formula is C22H33IN4O3. The van der Waals surface area contributed by atoms with Crippen LogP contribution in [0.15, 0.2) is 45.8 Å². The quantitative estimate of drug-likeness (QED) is 0.228. The van der Waals surface area contributed by atoms with E-state index >= 15 is 0 Å². The average Bonchev–Trinajstić information content (AvgIpc) is 3.04. The minimum absolute atomic E-state index is 0. The number of carbonyl (C=O) groups excluding carboxylic acids is 1. The molecule has 0 saturated heterocycles. The van der Waals surface area contributed by atoms with Gasteiger partial charge in [-0.1, -0.05) is 30.3 Å². The van der Waals surface area contributed by atoms with E-state index in [1.54, 1.807) is 6.92 Å². The Labute approximate surface area is 195 Å². The SMILES string of the molecule is CCNC(=NCC(C)(O)c1cc(C)oc1C)NCCC(=O)NCc1ccccc1.I. The smallest absolute Gasteiger partial charge is 0.222 e. The zero-order valence-corrected chi connectivity index (χ0v) is 20.4. The Bertz CT molecular complexity index is 819. The molecule has 0 aliphatic heterocycles. The summed E-state index contributed by atoms with van der Waals surface area (Å²) >= 11 is 0. The van der Waals surface area contributed by atoms with Crippen LogP contribution in [-0.4, -0.2) is 36.6 Å². The fourth-order valence-corrected chi connectivity index (χ4v) is 3.00. The molecule has 0 aliphatic rings. The van der Waals surface area contributed by atoms with Crippen LogP contribution in [0.1, 0.15) is 42.9 Å². The van der Waals surface area contributed by atoms with Gasteiger partial charge in [0, 0.05) is 31.6 Å². The van der Waals surface area contributed by atoms with Gasteiger partial charge >= 0.3 is 0 Å². The number of benzene rings is 1. The number of guanidine groups is 1. The topological polar surface area (TPSA) is 98.9 Å². The van der Waals surface area contributed by atoms with Crippen molar-refractivity contribution in [2.75, 3.05) is 19.6 Å². The highest BCUT2D eigenvalue weighted by Crippen LogP contribution is 2.27. The molecule has 1 aromatic carbocycles. The maximum absolute atomic E-state index is 12.0. The molecule has 1 atom stereocenters. The Hall–Kier alpha value is -2.07. The van der Waals surface area contributed by atoms with Gasteiger partial charge < -0.3 is 25.5 Å². The third-order valence-electron chi connectivity index (χ3n) is 4.49. The summed E-state index contributed by atoms with van der Waals surface area (Å²) in [4.78, 5) is 16.5. The molecule has 0 bridgehead atoms. The van der Waals surface area contributed by atoms with Gasteiger partial charge in [-0.15, -0.1) is 24.0 Å². The first-order valence-electron chi connectivity index (χ1n) is 9.94. The van der Waals surface area contributed by atoms with Crippen LogP contribution in [0, 0.1) is 13.8 Å². The van der Waals surface area contributed by atoms with Crippen molar-refractivity contribution in [1.29, 1.82) is 0 Å². The average molecular weight is 528 g/mol. The summed E-state index contributed by atoms with van der Waals surface area (Å²) in [7, 11) is 0. The molecule has 0 fully saturated rings. The molecule has 1 unspecified atom stereocenters. The second-order valence-electron chi connectivity index (χ2n) is 7.24. The van der Waals surface area contributed by atoms with E-state index in [1.165, 1.54) is 0 Å². The lowest BCUT2D eigenvalue weighted by Crippen LogP contribution is -2.40. The van der Waals surface area contributed by atoms with Crippen LogP contribution in [0.25, 0.3) is 0 Å². The molecule has 4 N–H and O–H groups in total. The third-order valence-corrected chi connectivity index (χ3v) is 4.49. The van der Waals surface area contributed by atoms with Gasteiger partial charge in [-0.25, -0.2) is 4.99 Å². The van der Waals surface area contributed by atoms with E-state index in [-0.39, 0.29) is 36.4 Å². The lowest BCUT2D eigenvalue weighted by molar-refractivity contribution is -0.121. The molecule has 0 spiro atoms. The van der Waals surface area contributed by atoms with Crippen molar-refractivity contribution in [3.05, 3.63) is 59.0 Å². The van der Waals surface area contributed by atoms with Gasteiger partial charge in [0.2, 0.25) is 5.91 Å². The Morgan fingerprint density at radius 1 is 1.17 bits per heavy atom. The largest absolute Gasteiger partial charge is 0.466 e. The molecule has 166 valence electrons. The molecule has 2 rings (SSSR count). The highest BCUT2D eigenvalue weighted by molar-refractivity contribution is 14.0. The van der Waals surface area contributed by atoms with Gasteiger partial charge in [-0.2, -0.15) is 0 Å². The number of furan rings is 1. The van der Waals surface area contributed by atoms with Crippen LogP contribution in [0.4, 0.5) is 0 Å². The molecule has 0 radical (unpaired) electrons. The van der Waals surface area contributed by atoms with E-state index in [9.17, 15) is 9.90 Å². The Kier molecular flexibility index (Phi) is 10.9. The molecule has 8 heteroatoms. The van der Waals surface area contributed by atoms with Crippen LogP contribution >= 0.6 is 24.0 Å². The van der Waals surface area contributed by atoms with E-state index in [1.807, 2.05) is 57.2 Å². The number of hydrogen-bond acceptors (Lipinski definition) is 4. The predicted octanol–water partition coefficient (Wildman–Crippen LogP) is 2.98. The summed E-state index contributed by atoms with van der Waals surface area (Å²) in [5.41, 5.74) is 0.655. The molecule has 1 heterocycles. The maximum atomic E-state index is 12.0. The van der Waals surface area contributed by atoms with E-state index in [0.717, 1.165) is 16.9 Å². The summed E-state index contributed by atoms with van der Waals surface area (Å²) in [5, 5.41) is 20.0. The van der Waals surface area contributed by atoms with Gasteiger partial charge in [0.25, 0.3) is 0 Å². The highest BCUT2D eigenvalue weighted by Gasteiger charge is 2.27. The number of hydrogen-bond donors (Lipinski definition) is 4. The first kappa shape index (κ1) is 26.0. The second kappa shape index (κ2) is 12.6. The molecule has 30 heavy (non-hydrogen) atoms. The van der Waals surface area contributed by atoms with Crippen molar-refractivity contribution >= 4 is 35.8 Å². The fraction of sp³-hybridized carbons (Fsp3) is 0.455. The van der Waals surface area contributed by atoms with E-state index in [0.29, 0.717) is 37.8 Å². The molecule has 1 aromatic heterocycles. The van der Waals surface area contributed by atoms with Gasteiger partial charge in [0.1, 0.15) is 17.1 Å². The molecule has 1 amide bonds. The van der Waals surface area contributed by atoms with E-state index in [2.05, 4.69) is 20.9 Å². The van der Waals surface area contributed by atoms with Crippen molar-refractivity contribution in [3.63, 3.8) is 0 Å². The second-order valence-corrected chi connectivity index (χ2v) is 7.24. The van der Waals surface area contributed by atoms with Gasteiger partial charge in [-0.05, 0) is 39.3 Å². The number of nitrogens with zero attached hydrogens (tertiary/aromatic N) is 1. The van der Waals surface area contributed by atoms with Gasteiger partial charge in [-0.3, -0.25) is 4.79 Å². The zero-order valence-electron chi connectivity index (χ0n) is 18.1. The number of rotatable bonds is 9. The van der Waals surface area contributed by atoms with Crippen molar-refractivity contribution in [2.24, 2.45) is 4.99 Å². The van der Waals surface area contributed by atoms with Crippen LogP contribution in [-0.2, 0) is 16.9 Å². The van der Waals surface area contributed by atoms with Crippen LogP contribution in [0.3, 0.4) is 0 Å². The lowest BCUT2D eigenvalue weighted by atomic mass is 9.96. The highest BCUT2D eigenvalue weighted by atomic mass is 127. The first-order valence-corrected chi connectivity index (χ1v) is 9.94. The maximum Gasteiger partial charge on any atom is 0.222 e. The number of amides is 1. The Balaban J connectivity index is 0.00000450. The Morgan fingerprint density at radius 2 is 1.87 bits per heavy atom. The fourth-order valence-electron chi connectivity index (χ4n) is 3.00. The van der Waals surface area contributed by atoms with E-state index < -0.39 is 5.60 Å². The number of aliphatic imine (C=N–C) groups is 1. The van der Waals surface area contributed by atoms with Crippen molar-refractivity contribution in [3.8, 4) is 0 Å². The third kappa shape index (κ3) is 8.35. The standard InChI is InChI=1S/C22H32N4O3.HI/c1-5-23-21(26-15-22(4,28)19-13-16(2)29-17(19)3)24-12-11-20(27)25-14-18-9-7-6-8-10-18;/h6-10,13,28H,5,11-12,14-15H2,1-4H3,(H,25,27)(H2,23,24,26);1H. The number of carbonyl (C=O) groups is 1. The summed E-state index contributed by atoms with van der Waals surface area (Å²) in [6.45, 7) is 9.17. The minimum Gasteiger partial charge on any atom is -0.466 e. The predicted molar refractivity (Wildman–Crippen MR) is 130 cm³/mol. The van der Waals surface area contributed by atoms with Crippen LogP contribution in [0.5, 0.6) is 0 Å². The summed E-state index contributed by atoms with van der Waals surface area (Å²) < 4.78 is 5.52. The number of nitrogens with one attached hydrogen (secondary N) is 3. The minimum atomic E-state index is -1.14. The van der Waals surface area contributed by atoms with Gasteiger partial charge in [0.05, 0.1) is 6.54 Å². The Morgan fingerprint density at radius 3 is 2.47 bits per heavy atom. The molecule has 0 saturated carbocycles. The van der Waals surface area contributed by atoms with Crippen molar-refractivity contribution < 1.29 is 14.3 Å². The molecule has 7 nitrogen and oxygen atoms in total. The van der Waals surface area contributed by atoms with Crippen molar-refractivity contribution in [1.82, 2.24) is 16.0 Å². The summed E-state index contributed by atoms with van der Waals surface area (Å²) in [5.74, 6) is 1.97. The zero-order chi connectivity index (χ0) is 21.3. The normalized spacial score (nSPS) is 13.2. The molecular weight excluding hydrogens is 495 g/mol. The summed E-state index contributed by atoms with van der Waals surface area (Å²) in [6, 6.07) is 11.6. The van der Waals surface area contributed by atoms with Gasteiger partial charge in [0.15, 0.2) is 5.96 Å². The number of aryl methyl sites for hydroxylation is 2. The first-order chi connectivity index (χ1) is 13.8. The molecule has 0 aliphatic carbocycles. The van der Waals surface area contributed by atoms with Crippen LogP contribution < -0.4 is 16.0 Å². The molecule has 2 aromatic rings. The lowest BCUT2D eigenvalue weighted by Gasteiger charge is -2.21. The summed E-state index contributed by atoms with van der Waals surface area (Å²) in [6.07, 6.45) is 0.327. The van der Waals surface area contributed by atoms with Crippen molar-refractivity contribution in [2.45, 2.75) is 46.3 Å². The monoisotopic (exact) mass is 528 g/mol. The van der Waals surface area contributed by atoms with Crippen LogP contribution in [0.2, 0.25) is 0 Å². The van der Waals surface area contributed by atoms with E-state index in [4.69, 9.17) is 4.42 Å². The number of halogens is 1. The number of aliphatic hydroxyl groups is 1.